The first-order valence-corrected chi connectivity index (χ1v) is 6.49. The summed E-state index contributed by atoms with van der Waals surface area (Å²) in [7, 11) is 1.90. The van der Waals surface area contributed by atoms with Crippen LogP contribution in [0.25, 0.3) is 0 Å². The van der Waals surface area contributed by atoms with Gasteiger partial charge in [0.2, 0.25) is 0 Å². The monoisotopic (exact) mass is 276 g/mol. The molecule has 2 aromatic carbocycles. The minimum absolute atomic E-state index is 0.237. The molecule has 0 amide bonds. The van der Waals surface area contributed by atoms with Crippen LogP contribution < -0.4 is 5.73 Å². The zero-order valence-electron chi connectivity index (χ0n) is 11.4. The predicted octanol–water partition coefficient (Wildman–Crippen LogP) is 3.06. The summed E-state index contributed by atoms with van der Waals surface area (Å²) in [6.07, 6.45) is 0. The highest BCUT2D eigenvalue weighted by atomic mass is 19.1. The quantitative estimate of drug-likeness (QED) is 0.909. The summed E-state index contributed by atoms with van der Waals surface area (Å²) < 4.78 is 26.7. The Morgan fingerprint density at radius 1 is 0.950 bits per heavy atom. The highest BCUT2D eigenvalue weighted by Crippen LogP contribution is 2.14. The van der Waals surface area contributed by atoms with Crippen molar-refractivity contribution < 1.29 is 8.78 Å². The third kappa shape index (κ3) is 3.85. The van der Waals surface area contributed by atoms with Crippen molar-refractivity contribution in [3.05, 3.63) is 70.8 Å². The Hall–Kier alpha value is -1.78. The highest BCUT2D eigenvalue weighted by molar-refractivity contribution is 5.24. The lowest BCUT2D eigenvalue weighted by Gasteiger charge is -2.17. The molecule has 2 nitrogen and oxygen atoms in total. The minimum atomic E-state index is -0.250. The second-order valence-electron chi connectivity index (χ2n) is 4.93. The van der Waals surface area contributed by atoms with Gasteiger partial charge in [-0.2, -0.15) is 0 Å². The maximum absolute atomic E-state index is 13.9. The molecule has 0 aromatic heterocycles. The first-order chi connectivity index (χ1) is 9.58. The van der Waals surface area contributed by atoms with E-state index < -0.39 is 0 Å². The van der Waals surface area contributed by atoms with Crippen molar-refractivity contribution in [3.8, 4) is 0 Å². The zero-order chi connectivity index (χ0) is 14.5. The van der Waals surface area contributed by atoms with Gasteiger partial charge in [-0.25, -0.2) is 8.78 Å². The molecule has 0 heterocycles. The molecule has 0 saturated carbocycles. The van der Waals surface area contributed by atoms with E-state index in [1.165, 1.54) is 18.2 Å². The average molecular weight is 276 g/mol. The largest absolute Gasteiger partial charge is 0.326 e. The van der Waals surface area contributed by atoms with Gasteiger partial charge in [0, 0.05) is 25.2 Å². The zero-order valence-corrected chi connectivity index (χ0v) is 11.4. The normalized spacial score (nSPS) is 11.1. The molecule has 4 heteroatoms. The van der Waals surface area contributed by atoms with Gasteiger partial charge in [0.1, 0.15) is 11.6 Å². The second-order valence-corrected chi connectivity index (χ2v) is 4.93. The number of hydrogen-bond donors (Lipinski definition) is 1. The lowest BCUT2D eigenvalue weighted by atomic mass is 10.1. The predicted molar refractivity (Wildman–Crippen MR) is 75.9 cm³/mol. The molecule has 0 spiro atoms. The molecule has 0 saturated heterocycles. The van der Waals surface area contributed by atoms with Crippen molar-refractivity contribution in [2.75, 3.05) is 7.05 Å². The Balaban J connectivity index is 2.00. The molecule has 0 atom stereocenters. The molecule has 106 valence electrons. The topological polar surface area (TPSA) is 29.3 Å². The van der Waals surface area contributed by atoms with E-state index in [2.05, 4.69) is 0 Å². The fourth-order valence-electron chi connectivity index (χ4n) is 2.09. The number of hydrogen-bond acceptors (Lipinski definition) is 2. The van der Waals surface area contributed by atoms with Crippen molar-refractivity contribution in [3.63, 3.8) is 0 Å². The molecule has 0 aliphatic carbocycles. The molecular formula is C16H18F2N2. The van der Waals surface area contributed by atoms with Gasteiger partial charge in [0.05, 0.1) is 0 Å². The van der Waals surface area contributed by atoms with Crippen LogP contribution in [-0.2, 0) is 19.6 Å². The lowest BCUT2D eigenvalue weighted by molar-refractivity contribution is 0.313. The van der Waals surface area contributed by atoms with Gasteiger partial charge in [0.15, 0.2) is 0 Å². The van der Waals surface area contributed by atoms with Crippen molar-refractivity contribution in [2.45, 2.75) is 19.6 Å². The number of rotatable bonds is 5. The third-order valence-electron chi connectivity index (χ3n) is 3.16. The van der Waals surface area contributed by atoms with E-state index in [9.17, 15) is 8.78 Å². The molecule has 0 bridgehead atoms. The van der Waals surface area contributed by atoms with Crippen molar-refractivity contribution >= 4 is 0 Å². The molecule has 20 heavy (non-hydrogen) atoms. The Morgan fingerprint density at radius 3 is 2.20 bits per heavy atom. The van der Waals surface area contributed by atoms with Crippen LogP contribution in [0.15, 0.2) is 42.5 Å². The summed E-state index contributed by atoms with van der Waals surface area (Å²) >= 11 is 0. The molecular weight excluding hydrogens is 258 g/mol. The lowest BCUT2D eigenvalue weighted by Crippen LogP contribution is -2.18. The summed E-state index contributed by atoms with van der Waals surface area (Å²) in [5, 5.41) is 0. The third-order valence-corrected chi connectivity index (χ3v) is 3.16. The van der Waals surface area contributed by atoms with Crippen molar-refractivity contribution in [1.82, 2.24) is 4.90 Å². The van der Waals surface area contributed by atoms with Gasteiger partial charge in [-0.15, -0.1) is 0 Å². The van der Waals surface area contributed by atoms with E-state index >= 15 is 0 Å². The first kappa shape index (κ1) is 14.6. The van der Waals surface area contributed by atoms with Crippen LogP contribution in [-0.4, -0.2) is 11.9 Å². The maximum atomic E-state index is 13.9. The summed E-state index contributed by atoms with van der Waals surface area (Å²) in [4.78, 5) is 1.98. The molecule has 0 unspecified atom stereocenters. The average Bonchev–Trinajstić information content (AvgIpc) is 2.43. The van der Waals surface area contributed by atoms with E-state index in [0.29, 0.717) is 25.2 Å². The van der Waals surface area contributed by atoms with E-state index in [4.69, 9.17) is 5.73 Å². The number of nitrogens with zero attached hydrogens (tertiary/aromatic N) is 1. The number of halogens is 2. The van der Waals surface area contributed by atoms with Crippen LogP contribution in [0.1, 0.15) is 16.7 Å². The van der Waals surface area contributed by atoms with Gasteiger partial charge in [-0.3, -0.25) is 4.90 Å². The SMILES string of the molecule is CN(Cc1ccc(F)cc1)Cc1ccc(CN)cc1F. The molecule has 0 aliphatic rings. The fraction of sp³-hybridized carbons (Fsp3) is 0.250. The van der Waals surface area contributed by atoms with E-state index in [1.807, 2.05) is 18.0 Å². The van der Waals surface area contributed by atoms with Gasteiger partial charge in [-0.1, -0.05) is 24.3 Å². The van der Waals surface area contributed by atoms with Crippen LogP contribution >= 0.6 is 0 Å². The van der Waals surface area contributed by atoms with E-state index in [-0.39, 0.29) is 11.6 Å². The molecule has 0 fully saturated rings. The summed E-state index contributed by atoms with van der Waals surface area (Å²) in [5.41, 5.74) is 7.89. The van der Waals surface area contributed by atoms with Gasteiger partial charge >= 0.3 is 0 Å². The molecule has 0 aliphatic heterocycles. The standard InChI is InChI=1S/C16H18F2N2/c1-20(10-12-3-6-15(17)7-4-12)11-14-5-2-13(9-19)8-16(14)18/h2-8H,9-11,19H2,1H3. The Morgan fingerprint density at radius 2 is 1.60 bits per heavy atom. The summed E-state index contributed by atoms with van der Waals surface area (Å²) in [5.74, 6) is -0.487. The van der Waals surface area contributed by atoms with Gasteiger partial charge in [-0.05, 0) is 36.4 Å². The Labute approximate surface area is 117 Å². The Kier molecular flexibility index (Phi) is 4.82. The van der Waals surface area contributed by atoms with Gasteiger partial charge < -0.3 is 5.73 Å². The van der Waals surface area contributed by atoms with Crippen LogP contribution in [0, 0.1) is 11.6 Å². The fourth-order valence-corrected chi connectivity index (χ4v) is 2.09. The summed E-state index contributed by atoms with van der Waals surface area (Å²) in [6.45, 7) is 1.47. The Bertz CT molecular complexity index is 567. The first-order valence-electron chi connectivity index (χ1n) is 6.49. The highest BCUT2D eigenvalue weighted by Gasteiger charge is 2.07. The van der Waals surface area contributed by atoms with Crippen LogP contribution in [0.2, 0.25) is 0 Å². The smallest absolute Gasteiger partial charge is 0.128 e. The van der Waals surface area contributed by atoms with Gasteiger partial charge in [0.25, 0.3) is 0 Å². The molecule has 2 N–H and O–H groups in total. The molecule has 0 radical (unpaired) electrons. The molecule has 2 rings (SSSR count). The maximum Gasteiger partial charge on any atom is 0.128 e. The van der Waals surface area contributed by atoms with Crippen LogP contribution in [0.5, 0.6) is 0 Å². The summed E-state index contributed by atoms with van der Waals surface area (Å²) in [6, 6.07) is 11.4. The number of benzene rings is 2. The molecule has 2 aromatic rings. The van der Waals surface area contributed by atoms with E-state index in [0.717, 1.165) is 11.1 Å². The van der Waals surface area contributed by atoms with Crippen molar-refractivity contribution in [2.24, 2.45) is 5.73 Å². The van der Waals surface area contributed by atoms with Crippen LogP contribution in [0.3, 0.4) is 0 Å². The van der Waals surface area contributed by atoms with Crippen molar-refractivity contribution in [1.29, 1.82) is 0 Å². The number of nitrogens with two attached hydrogens (primary N) is 1. The minimum Gasteiger partial charge on any atom is -0.326 e. The second kappa shape index (κ2) is 6.59. The van der Waals surface area contributed by atoms with E-state index in [1.54, 1.807) is 18.2 Å². The van der Waals surface area contributed by atoms with Crippen LogP contribution in [0.4, 0.5) is 8.78 Å².